The molecule has 1 saturated carbocycles. The number of carbonyl (C=O) groups excluding carboxylic acids is 2. The van der Waals surface area contributed by atoms with Crippen LogP contribution in [-0.4, -0.2) is 59.6 Å². The molecule has 2 fully saturated rings. The standard InChI is InChI=1S/C32H36N4O4S/c1-39-25-15-16-26(28(19-25)40-2)33-30(38)32(17-9-10-18-32)36(20-23-11-5-3-6-12-23)29(37)22-35-21-27(34-31(35)41)24-13-7-4-8-14-24/h3-8,11-16,19,27H,9-10,17-18,20-22H2,1-2H3,(H,33,38)(H,34,41)/t27-/m1/s1. The number of methoxy groups -OCH3 is 2. The molecule has 0 unspecified atom stereocenters. The number of ether oxygens (including phenoxy) is 2. The second-order valence-corrected chi connectivity index (χ2v) is 10.9. The Balaban J connectivity index is 1.42. The van der Waals surface area contributed by atoms with Crippen LogP contribution < -0.4 is 20.1 Å². The van der Waals surface area contributed by atoms with Gasteiger partial charge in [0.2, 0.25) is 11.8 Å². The van der Waals surface area contributed by atoms with Gasteiger partial charge in [-0.3, -0.25) is 9.59 Å². The Morgan fingerprint density at radius 1 is 1.00 bits per heavy atom. The molecule has 1 aliphatic carbocycles. The van der Waals surface area contributed by atoms with Crippen LogP contribution in [-0.2, 0) is 16.1 Å². The molecule has 9 heteroatoms. The molecule has 3 aromatic carbocycles. The fourth-order valence-electron chi connectivity index (χ4n) is 5.81. The predicted molar refractivity (Wildman–Crippen MR) is 163 cm³/mol. The average molecular weight is 573 g/mol. The van der Waals surface area contributed by atoms with E-state index in [0.717, 1.165) is 24.0 Å². The molecule has 0 bridgehead atoms. The molecule has 1 aliphatic heterocycles. The van der Waals surface area contributed by atoms with E-state index < -0.39 is 5.54 Å². The number of benzene rings is 3. The Morgan fingerprint density at radius 2 is 1.68 bits per heavy atom. The summed E-state index contributed by atoms with van der Waals surface area (Å²) in [5.74, 6) is 0.769. The number of nitrogens with one attached hydrogen (secondary N) is 2. The van der Waals surface area contributed by atoms with Gasteiger partial charge in [0.25, 0.3) is 0 Å². The van der Waals surface area contributed by atoms with Crippen molar-refractivity contribution in [3.63, 3.8) is 0 Å². The van der Waals surface area contributed by atoms with Gasteiger partial charge in [0, 0.05) is 19.2 Å². The SMILES string of the molecule is COc1ccc(NC(=O)C2(N(Cc3ccccc3)C(=O)CN3C[C@H](c4ccccc4)NC3=S)CCCC2)c(OC)c1. The van der Waals surface area contributed by atoms with Gasteiger partial charge in [-0.05, 0) is 48.3 Å². The van der Waals surface area contributed by atoms with Crippen molar-refractivity contribution in [2.45, 2.75) is 43.8 Å². The highest BCUT2D eigenvalue weighted by Crippen LogP contribution is 2.39. The lowest BCUT2D eigenvalue weighted by atomic mass is 9.92. The molecular formula is C32H36N4O4S. The fourth-order valence-corrected chi connectivity index (χ4v) is 6.09. The van der Waals surface area contributed by atoms with Crippen molar-refractivity contribution < 1.29 is 19.1 Å². The first kappa shape index (κ1) is 28.4. The van der Waals surface area contributed by atoms with E-state index in [1.165, 1.54) is 0 Å². The van der Waals surface area contributed by atoms with Gasteiger partial charge in [0.15, 0.2) is 5.11 Å². The van der Waals surface area contributed by atoms with Crippen LogP contribution >= 0.6 is 12.2 Å². The monoisotopic (exact) mass is 572 g/mol. The van der Waals surface area contributed by atoms with Crippen LogP contribution in [0.1, 0.15) is 42.9 Å². The topological polar surface area (TPSA) is 83.1 Å². The molecule has 0 aromatic heterocycles. The largest absolute Gasteiger partial charge is 0.497 e. The third-order valence-electron chi connectivity index (χ3n) is 8.03. The number of hydrogen-bond acceptors (Lipinski definition) is 5. The van der Waals surface area contributed by atoms with Gasteiger partial charge in [-0.1, -0.05) is 73.5 Å². The molecule has 1 heterocycles. The van der Waals surface area contributed by atoms with Crippen LogP contribution in [0.5, 0.6) is 11.5 Å². The number of nitrogens with zero attached hydrogens (tertiary/aromatic N) is 2. The lowest BCUT2D eigenvalue weighted by molar-refractivity contribution is -0.146. The zero-order valence-electron chi connectivity index (χ0n) is 23.5. The summed E-state index contributed by atoms with van der Waals surface area (Å²) in [4.78, 5) is 32.1. The highest BCUT2D eigenvalue weighted by atomic mass is 32.1. The molecule has 0 radical (unpaired) electrons. The Bertz CT molecular complexity index is 1380. The Hall–Kier alpha value is -4.11. The summed E-state index contributed by atoms with van der Waals surface area (Å²) in [6.07, 6.45) is 2.85. The number of thiocarbonyl (C=S) groups is 1. The molecule has 1 saturated heterocycles. The smallest absolute Gasteiger partial charge is 0.250 e. The minimum atomic E-state index is -1.01. The van der Waals surface area contributed by atoms with E-state index in [0.29, 0.717) is 48.2 Å². The van der Waals surface area contributed by atoms with Crippen LogP contribution in [0, 0.1) is 0 Å². The van der Waals surface area contributed by atoms with Crippen LogP contribution in [0.4, 0.5) is 5.69 Å². The number of hydrogen-bond donors (Lipinski definition) is 2. The number of anilines is 1. The molecule has 1 atom stereocenters. The third kappa shape index (κ3) is 6.15. The maximum atomic E-state index is 14.2. The molecule has 0 spiro atoms. The van der Waals surface area contributed by atoms with E-state index in [2.05, 4.69) is 22.8 Å². The fraction of sp³-hybridized carbons (Fsp3) is 0.344. The van der Waals surface area contributed by atoms with E-state index in [1.54, 1.807) is 37.3 Å². The van der Waals surface area contributed by atoms with Crippen molar-refractivity contribution in [3.8, 4) is 11.5 Å². The Kier molecular flexibility index (Phi) is 8.73. The average Bonchev–Trinajstić information content (AvgIpc) is 3.65. The molecule has 8 nitrogen and oxygen atoms in total. The summed E-state index contributed by atoms with van der Waals surface area (Å²) in [6, 6.07) is 25.2. The highest BCUT2D eigenvalue weighted by Gasteiger charge is 2.49. The summed E-state index contributed by atoms with van der Waals surface area (Å²) < 4.78 is 10.8. The lowest BCUT2D eigenvalue weighted by Crippen LogP contribution is -2.59. The van der Waals surface area contributed by atoms with E-state index in [1.807, 2.05) is 53.4 Å². The molecule has 214 valence electrons. The zero-order chi connectivity index (χ0) is 28.8. The number of carbonyl (C=O) groups is 2. The number of rotatable bonds is 10. The van der Waals surface area contributed by atoms with Crippen molar-refractivity contribution in [1.29, 1.82) is 0 Å². The minimum Gasteiger partial charge on any atom is -0.497 e. The summed E-state index contributed by atoms with van der Waals surface area (Å²) >= 11 is 5.64. The third-order valence-corrected chi connectivity index (χ3v) is 8.40. The second-order valence-electron chi connectivity index (χ2n) is 10.5. The maximum Gasteiger partial charge on any atom is 0.250 e. The molecule has 3 aromatic rings. The van der Waals surface area contributed by atoms with Crippen molar-refractivity contribution in [3.05, 3.63) is 90.0 Å². The molecule has 41 heavy (non-hydrogen) atoms. The summed E-state index contributed by atoms with van der Waals surface area (Å²) in [6.45, 7) is 0.988. The first-order chi connectivity index (χ1) is 19.9. The van der Waals surface area contributed by atoms with Gasteiger partial charge < -0.3 is 29.9 Å². The first-order valence-corrected chi connectivity index (χ1v) is 14.3. The minimum absolute atomic E-state index is 0.00495. The predicted octanol–water partition coefficient (Wildman–Crippen LogP) is 4.92. The van der Waals surface area contributed by atoms with Gasteiger partial charge in [-0.2, -0.15) is 0 Å². The van der Waals surface area contributed by atoms with Crippen molar-refractivity contribution in [2.24, 2.45) is 0 Å². The van der Waals surface area contributed by atoms with E-state index in [4.69, 9.17) is 21.7 Å². The van der Waals surface area contributed by atoms with Gasteiger partial charge in [-0.25, -0.2) is 0 Å². The van der Waals surface area contributed by atoms with Crippen LogP contribution in [0.3, 0.4) is 0 Å². The van der Waals surface area contributed by atoms with Crippen LogP contribution in [0.25, 0.3) is 0 Å². The summed E-state index contributed by atoms with van der Waals surface area (Å²) in [7, 11) is 3.13. The quantitative estimate of drug-likeness (QED) is 0.334. The maximum absolute atomic E-state index is 14.2. The Morgan fingerprint density at radius 3 is 2.34 bits per heavy atom. The van der Waals surface area contributed by atoms with Crippen molar-refractivity contribution >= 4 is 34.8 Å². The lowest BCUT2D eigenvalue weighted by Gasteiger charge is -2.41. The van der Waals surface area contributed by atoms with Crippen molar-refractivity contribution in [2.75, 3.05) is 32.6 Å². The van der Waals surface area contributed by atoms with Gasteiger partial charge in [0.05, 0.1) is 32.5 Å². The Labute approximate surface area is 246 Å². The molecule has 2 aliphatic rings. The summed E-state index contributed by atoms with van der Waals surface area (Å²) in [5.41, 5.74) is 1.61. The van der Waals surface area contributed by atoms with Gasteiger partial charge in [0.1, 0.15) is 17.0 Å². The second kappa shape index (κ2) is 12.6. The molecule has 2 amide bonds. The van der Waals surface area contributed by atoms with E-state index in [-0.39, 0.29) is 24.4 Å². The molecular weight excluding hydrogens is 536 g/mol. The molecule has 2 N–H and O–H groups in total. The first-order valence-electron chi connectivity index (χ1n) is 13.9. The zero-order valence-corrected chi connectivity index (χ0v) is 24.3. The van der Waals surface area contributed by atoms with E-state index >= 15 is 0 Å². The van der Waals surface area contributed by atoms with Crippen LogP contribution in [0.15, 0.2) is 78.9 Å². The molecule has 5 rings (SSSR count). The van der Waals surface area contributed by atoms with Gasteiger partial charge in [-0.15, -0.1) is 0 Å². The van der Waals surface area contributed by atoms with E-state index in [9.17, 15) is 9.59 Å². The summed E-state index contributed by atoms with van der Waals surface area (Å²) in [5, 5.41) is 6.98. The highest BCUT2D eigenvalue weighted by molar-refractivity contribution is 7.80. The van der Waals surface area contributed by atoms with Crippen LogP contribution in [0.2, 0.25) is 0 Å². The number of amides is 2. The normalized spacial score (nSPS) is 17.6. The van der Waals surface area contributed by atoms with Gasteiger partial charge >= 0.3 is 0 Å². The van der Waals surface area contributed by atoms with Crippen molar-refractivity contribution in [1.82, 2.24) is 15.1 Å².